The Morgan fingerprint density at radius 2 is 1.88 bits per heavy atom. The van der Waals surface area contributed by atoms with Crippen molar-refractivity contribution in [2.45, 2.75) is 17.7 Å². The fourth-order valence-corrected chi connectivity index (χ4v) is 4.42. The summed E-state index contributed by atoms with van der Waals surface area (Å²) in [6.07, 6.45) is 1.63. The summed E-state index contributed by atoms with van der Waals surface area (Å²) in [4.78, 5) is 36.4. The van der Waals surface area contributed by atoms with Crippen LogP contribution in [0.2, 0.25) is 0 Å². The van der Waals surface area contributed by atoms with Gasteiger partial charge in [-0.15, -0.1) is 0 Å². The largest absolute Gasteiger partial charge is 0.452 e. The molecule has 0 spiro atoms. The van der Waals surface area contributed by atoms with E-state index in [1.807, 2.05) is 0 Å². The molecule has 140 valence electrons. The minimum atomic E-state index is -3.65. The Hall–Kier alpha value is -2.46. The van der Waals surface area contributed by atoms with E-state index < -0.39 is 34.5 Å². The number of urea groups is 1. The minimum Gasteiger partial charge on any atom is -0.452 e. The van der Waals surface area contributed by atoms with E-state index in [0.717, 1.165) is 17.7 Å². The van der Waals surface area contributed by atoms with Crippen LogP contribution in [0.1, 0.15) is 23.2 Å². The third-order valence-electron chi connectivity index (χ3n) is 4.26. The zero-order valence-electron chi connectivity index (χ0n) is 14.0. The summed E-state index contributed by atoms with van der Waals surface area (Å²) in [5.74, 6) is -1.45. The summed E-state index contributed by atoms with van der Waals surface area (Å²) in [6, 6.07) is 5.01. The Labute approximate surface area is 150 Å². The first-order valence-electron chi connectivity index (χ1n) is 8.25. The molecule has 2 heterocycles. The van der Waals surface area contributed by atoms with Crippen LogP contribution < -0.4 is 5.32 Å². The predicted octanol–water partition coefficient (Wildman–Crippen LogP) is 0.180. The Morgan fingerprint density at radius 3 is 2.54 bits per heavy atom. The van der Waals surface area contributed by atoms with Crippen LogP contribution in [0.3, 0.4) is 0 Å². The van der Waals surface area contributed by atoms with E-state index in [-0.39, 0.29) is 17.0 Å². The number of ether oxygens (including phenoxy) is 1. The quantitative estimate of drug-likeness (QED) is 0.728. The molecular formula is C16H19N3O6S. The molecule has 26 heavy (non-hydrogen) atoms. The number of amides is 3. The number of esters is 1. The summed E-state index contributed by atoms with van der Waals surface area (Å²) >= 11 is 0. The molecule has 0 unspecified atom stereocenters. The fourth-order valence-electron chi connectivity index (χ4n) is 2.86. The van der Waals surface area contributed by atoms with Crippen LogP contribution in [0.25, 0.3) is 0 Å². The molecule has 10 heteroatoms. The lowest BCUT2D eigenvalue weighted by Crippen LogP contribution is -2.37. The van der Waals surface area contributed by atoms with Crippen LogP contribution in [0, 0.1) is 0 Å². The van der Waals surface area contributed by atoms with Crippen molar-refractivity contribution in [2.24, 2.45) is 0 Å². The molecule has 0 radical (unpaired) electrons. The third-order valence-corrected chi connectivity index (χ3v) is 6.15. The van der Waals surface area contributed by atoms with Gasteiger partial charge in [-0.3, -0.25) is 9.69 Å². The fraction of sp³-hybridized carbons (Fsp3) is 0.438. The first kappa shape index (κ1) is 18.3. The van der Waals surface area contributed by atoms with Crippen molar-refractivity contribution >= 4 is 27.9 Å². The molecule has 0 aromatic heterocycles. The second-order valence-corrected chi connectivity index (χ2v) is 7.93. The smallest absolute Gasteiger partial charge is 0.338 e. The van der Waals surface area contributed by atoms with Gasteiger partial charge in [-0.1, -0.05) is 6.07 Å². The Kier molecular flexibility index (Phi) is 5.23. The van der Waals surface area contributed by atoms with Gasteiger partial charge in [0, 0.05) is 26.2 Å². The summed E-state index contributed by atoms with van der Waals surface area (Å²) in [5, 5.41) is 2.47. The van der Waals surface area contributed by atoms with Gasteiger partial charge in [-0.05, 0) is 31.0 Å². The van der Waals surface area contributed by atoms with Gasteiger partial charge >= 0.3 is 12.0 Å². The van der Waals surface area contributed by atoms with Crippen LogP contribution in [0.5, 0.6) is 0 Å². The van der Waals surface area contributed by atoms with Gasteiger partial charge in [0.25, 0.3) is 5.91 Å². The molecule has 1 aromatic carbocycles. The highest BCUT2D eigenvalue weighted by Gasteiger charge is 2.29. The molecule has 0 aliphatic carbocycles. The number of benzene rings is 1. The number of hydrogen-bond acceptors (Lipinski definition) is 6. The van der Waals surface area contributed by atoms with Crippen molar-refractivity contribution in [2.75, 3.05) is 32.8 Å². The monoisotopic (exact) mass is 381 g/mol. The van der Waals surface area contributed by atoms with Crippen LogP contribution in [-0.4, -0.2) is 68.3 Å². The number of carbonyl (C=O) groups excluding carboxylic acids is 3. The molecular weight excluding hydrogens is 362 g/mol. The van der Waals surface area contributed by atoms with Crippen LogP contribution in [0.4, 0.5) is 4.79 Å². The van der Waals surface area contributed by atoms with Crippen molar-refractivity contribution in [3.63, 3.8) is 0 Å². The highest BCUT2D eigenvalue weighted by Crippen LogP contribution is 2.21. The molecule has 9 nitrogen and oxygen atoms in total. The number of sulfonamides is 1. The summed E-state index contributed by atoms with van der Waals surface area (Å²) in [7, 11) is -3.65. The Balaban J connectivity index is 1.66. The lowest BCUT2D eigenvalue weighted by Gasteiger charge is -2.16. The molecule has 0 saturated carbocycles. The molecule has 3 rings (SSSR count). The lowest BCUT2D eigenvalue weighted by molar-refractivity contribution is -0.130. The second kappa shape index (κ2) is 7.42. The number of hydrogen-bond donors (Lipinski definition) is 1. The average Bonchev–Trinajstić information content (AvgIpc) is 3.31. The molecule has 1 aromatic rings. The highest BCUT2D eigenvalue weighted by molar-refractivity contribution is 7.89. The number of carbonyl (C=O) groups is 3. The molecule has 2 fully saturated rings. The molecule has 2 aliphatic heterocycles. The van der Waals surface area contributed by atoms with Gasteiger partial charge < -0.3 is 10.1 Å². The Morgan fingerprint density at radius 1 is 1.15 bits per heavy atom. The van der Waals surface area contributed by atoms with E-state index in [1.54, 1.807) is 0 Å². The van der Waals surface area contributed by atoms with Gasteiger partial charge in [0.2, 0.25) is 10.0 Å². The lowest BCUT2D eigenvalue weighted by atomic mass is 10.2. The van der Waals surface area contributed by atoms with Crippen molar-refractivity contribution in [1.82, 2.24) is 14.5 Å². The number of rotatable bonds is 5. The first-order chi connectivity index (χ1) is 12.4. The van der Waals surface area contributed by atoms with Crippen LogP contribution >= 0.6 is 0 Å². The van der Waals surface area contributed by atoms with E-state index in [2.05, 4.69) is 5.32 Å². The van der Waals surface area contributed by atoms with Gasteiger partial charge in [0.15, 0.2) is 6.61 Å². The highest BCUT2D eigenvalue weighted by atomic mass is 32.2. The summed E-state index contributed by atoms with van der Waals surface area (Å²) < 4.78 is 31.4. The van der Waals surface area contributed by atoms with Crippen molar-refractivity contribution in [3.8, 4) is 0 Å². The maximum Gasteiger partial charge on any atom is 0.338 e. The van der Waals surface area contributed by atoms with Gasteiger partial charge in [0.1, 0.15) is 0 Å². The average molecular weight is 381 g/mol. The third kappa shape index (κ3) is 3.70. The number of nitrogens with zero attached hydrogens (tertiary/aromatic N) is 2. The Bertz CT molecular complexity index is 832. The summed E-state index contributed by atoms with van der Waals surface area (Å²) in [6.45, 7) is 0.913. The molecule has 3 amide bonds. The summed E-state index contributed by atoms with van der Waals surface area (Å²) in [5.41, 5.74) is 0.0314. The number of imide groups is 1. The van der Waals surface area contributed by atoms with Crippen molar-refractivity contribution in [3.05, 3.63) is 29.8 Å². The zero-order valence-corrected chi connectivity index (χ0v) is 14.8. The SMILES string of the molecule is O=C(OCC(=O)N1CCNC1=O)c1cccc(S(=O)(=O)N2CCCC2)c1. The van der Waals surface area contributed by atoms with E-state index in [9.17, 15) is 22.8 Å². The number of nitrogens with one attached hydrogen (secondary N) is 1. The first-order valence-corrected chi connectivity index (χ1v) is 9.69. The normalized spacial score (nSPS) is 18.0. The van der Waals surface area contributed by atoms with Crippen LogP contribution in [-0.2, 0) is 19.6 Å². The zero-order chi connectivity index (χ0) is 18.7. The molecule has 0 bridgehead atoms. The van der Waals surface area contributed by atoms with E-state index in [4.69, 9.17) is 4.74 Å². The van der Waals surface area contributed by atoms with Gasteiger partial charge in [-0.2, -0.15) is 4.31 Å². The predicted molar refractivity (Wildman–Crippen MR) is 89.8 cm³/mol. The van der Waals surface area contributed by atoms with E-state index >= 15 is 0 Å². The maximum atomic E-state index is 12.6. The standard InChI is InChI=1S/C16H19N3O6S/c20-14(19-9-6-17-16(19)22)11-25-15(21)12-4-3-5-13(10-12)26(23,24)18-7-1-2-8-18/h3-5,10H,1-2,6-9,11H2,(H,17,22). The minimum absolute atomic E-state index is 0.0131. The second-order valence-electron chi connectivity index (χ2n) is 5.99. The molecule has 0 atom stereocenters. The molecule has 2 aliphatic rings. The topological polar surface area (TPSA) is 113 Å². The molecule has 2 saturated heterocycles. The van der Waals surface area contributed by atoms with Crippen LogP contribution in [0.15, 0.2) is 29.2 Å². The van der Waals surface area contributed by atoms with E-state index in [1.165, 1.54) is 28.6 Å². The van der Waals surface area contributed by atoms with Crippen molar-refractivity contribution in [1.29, 1.82) is 0 Å². The van der Waals surface area contributed by atoms with Gasteiger partial charge in [-0.25, -0.2) is 18.0 Å². The van der Waals surface area contributed by atoms with Crippen molar-refractivity contribution < 1.29 is 27.5 Å². The maximum absolute atomic E-state index is 12.6. The van der Waals surface area contributed by atoms with Gasteiger partial charge in [0.05, 0.1) is 10.5 Å². The van der Waals surface area contributed by atoms with E-state index in [0.29, 0.717) is 19.6 Å². The molecule has 1 N–H and O–H groups in total.